The number of amidine groups is 1. The molecule has 2 heterocycles. The van der Waals surface area contributed by atoms with Crippen molar-refractivity contribution in [1.29, 1.82) is 0 Å². The highest BCUT2D eigenvalue weighted by Crippen LogP contribution is 2.38. The maximum Gasteiger partial charge on any atom is 0.159 e. The lowest BCUT2D eigenvalue weighted by molar-refractivity contribution is 0.665. The van der Waals surface area contributed by atoms with Crippen molar-refractivity contribution in [2.45, 2.75) is 19.4 Å². The van der Waals surface area contributed by atoms with Gasteiger partial charge in [-0.3, -0.25) is 4.99 Å². The molecule has 4 heteroatoms. The molecule has 280 valence electrons. The van der Waals surface area contributed by atoms with Crippen LogP contribution in [-0.4, -0.2) is 16.1 Å². The van der Waals surface area contributed by atoms with Crippen molar-refractivity contribution in [2.24, 2.45) is 9.98 Å². The Bertz CT molecular complexity index is 3240. The lowest BCUT2D eigenvalue weighted by Crippen LogP contribution is -2.08. The van der Waals surface area contributed by atoms with E-state index in [4.69, 9.17) is 14.4 Å². The van der Waals surface area contributed by atoms with E-state index in [0.29, 0.717) is 12.4 Å². The second kappa shape index (κ2) is 14.7. The van der Waals surface area contributed by atoms with Gasteiger partial charge in [0.25, 0.3) is 0 Å². The molecule has 8 aromatic carbocycles. The van der Waals surface area contributed by atoms with Crippen molar-refractivity contribution < 1.29 is 4.42 Å². The van der Waals surface area contributed by atoms with Crippen LogP contribution in [0.2, 0.25) is 0 Å². The summed E-state index contributed by atoms with van der Waals surface area (Å²) in [6.45, 7) is 0.446. The van der Waals surface area contributed by atoms with E-state index < -0.39 is 0 Å². The maximum absolute atomic E-state index is 6.82. The minimum Gasteiger partial charge on any atom is -0.454 e. The molecule has 0 saturated carbocycles. The van der Waals surface area contributed by atoms with Gasteiger partial charge < -0.3 is 8.98 Å². The number of hydrogen-bond acceptors (Lipinski definition) is 2. The molecule has 11 rings (SSSR count). The van der Waals surface area contributed by atoms with Crippen molar-refractivity contribution in [1.82, 2.24) is 4.57 Å². The molecule has 0 unspecified atom stereocenters. The summed E-state index contributed by atoms with van der Waals surface area (Å²) in [4.78, 5) is 10.8. The fourth-order valence-corrected chi connectivity index (χ4v) is 8.38. The molecule has 1 aliphatic rings. The smallest absolute Gasteiger partial charge is 0.159 e. The number of benzene rings is 8. The van der Waals surface area contributed by atoms with E-state index in [1.165, 1.54) is 27.5 Å². The van der Waals surface area contributed by atoms with Crippen LogP contribution in [-0.2, 0) is 6.54 Å². The first-order valence-electron chi connectivity index (χ1n) is 20.3. The normalized spacial score (nSPS) is 13.1. The van der Waals surface area contributed by atoms with Crippen molar-refractivity contribution in [2.75, 3.05) is 0 Å². The number of furan rings is 1. The molecule has 0 aliphatic heterocycles. The molecule has 10 aromatic rings. The number of nitrogens with zero attached hydrogens (tertiary/aromatic N) is 3. The van der Waals surface area contributed by atoms with Crippen LogP contribution in [0, 0.1) is 0 Å². The van der Waals surface area contributed by atoms with Crippen LogP contribution in [0.25, 0.3) is 71.7 Å². The highest BCUT2D eigenvalue weighted by molar-refractivity contribution is 6.14. The molecule has 2 aromatic heterocycles. The average Bonchev–Trinajstić information content (AvgIpc) is 3.96. The molecule has 0 N–H and O–H groups in total. The predicted octanol–water partition coefficient (Wildman–Crippen LogP) is 14.2. The standard InChI is InChI=1S/C55H39N3O/c1-3-14-39(15-4-1)41-18-11-20-43(34-41)49(32-37-28-29-37)57-55(44-21-12-19-42(35-44)40-16-5-2-6-17-40)56-36-38-30-31-47-48-24-13-27-52(54(48)59-53(47)33-38)58-50-25-9-7-22-45(50)46-23-8-10-26-51(46)58/h1-28,30-31,33-35H,29,32,36H2/b56-55-,57-49+. The van der Waals surface area contributed by atoms with Gasteiger partial charge in [0.05, 0.1) is 29.0 Å². The van der Waals surface area contributed by atoms with E-state index in [9.17, 15) is 0 Å². The lowest BCUT2D eigenvalue weighted by atomic mass is 9.99. The number of aromatic nitrogens is 1. The zero-order valence-corrected chi connectivity index (χ0v) is 32.4. The van der Waals surface area contributed by atoms with Gasteiger partial charge in [0.15, 0.2) is 11.4 Å². The Morgan fingerprint density at radius 3 is 1.76 bits per heavy atom. The second-order valence-corrected chi connectivity index (χ2v) is 15.3. The first-order valence-corrected chi connectivity index (χ1v) is 20.3. The molecule has 0 fully saturated rings. The highest BCUT2D eigenvalue weighted by atomic mass is 16.3. The molecule has 0 atom stereocenters. The quantitative estimate of drug-likeness (QED) is 0.0821. The van der Waals surface area contributed by atoms with Crippen LogP contribution >= 0.6 is 0 Å². The number of fused-ring (bicyclic) bond motifs is 6. The Hall–Kier alpha value is -7.56. The fraction of sp³-hybridized carbons (Fsp3) is 0.0545. The largest absolute Gasteiger partial charge is 0.454 e. The van der Waals surface area contributed by atoms with Gasteiger partial charge >= 0.3 is 0 Å². The number of rotatable bonds is 9. The summed E-state index contributed by atoms with van der Waals surface area (Å²) in [5.74, 6) is 0.711. The monoisotopic (exact) mass is 757 g/mol. The number of para-hydroxylation sites is 3. The van der Waals surface area contributed by atoms with Gasteiger partial charge in [0, 0.05) is 33.5 Å². The summed E-state index contributed by atoms with van der Waals surface area (Å²) < 4.78 is 9.15. The molecule has 4 nitrogen and oxygen atoms in total. The molecule has 0 bridgehead atoms. The van der Waals surface area contributed by atoms with Crippen LogP contribution < -0.4 is 0 Å². The van der Waals surface area contributed by atoms with Crippen molar-refractivity contribution in [3.05, 3.63) is 222 Å². The zero-order valence-electron chi connectivity index (χ0n) is 32.4. The molecule has 0 amide bonds. The van der Waals surface area contributed by atoms with Crippen LogP contribution in [0.1, 0.15) is 29.5 Å². The maximum atomic E-state index is 6.82. The van der Waals surface area contributed by atoms with Gasteiger partial charge in [-0.1, -0.05) is 169 Å². The topological polar surface area (TPSA) is 42.8 Å². The Morgan fingerprint density at radius 1 is 0.508 bits per heavy atom. The molecular weight excluding hydrogens is 719 g/mol. The second-order valence-electron chi connectivity index (χ2n) is 15.3. The summed E-state index contributed by atoms with van der Waals surface area (Å²) in [6, 6.07) is 68.6. The fourth-order valence-electron chi connectivity index (χ4n) is 8.38. The molecule has 59 heavy (non-hydrogen) atoms. The summed E-state index contributed by atoms with van der Waals surface area (Å²) in [7, 11) is 0. The molecule has 0 radical (unpaired) electrons. The third kappa shape index (κ3) is 6.65. The van der Waals surface area contributed by atoms with E-state index in [2.05, 4.69) is 205 Å². The van der Waals surface area contributed by atoms with E-state index in [0.717, 1.165) is 85.0 Å². The van der Waals surface area contributed by atoms with Crippen molar-refractivity contribution >= 4 is 55.3 Å². The minimum atomic E-state index is 0.446. The summed E-state index contributed by atoms with van der Waals surface area (Å²) in [5, 5.41) is 4.63. The van der Waals surface area contributed by atoms with E-state index in [1.807, 2.05) is 0 Å². The van der Waals surface area contributed by atoms with E-state index >= 15 is 0 Å². The average molecular weight is 758 g/mol. The van der Waals surface area contributed by atoms with Crippen LogP contribution in [0.15, 0.2) is 220 Å². The van der Waals surface area contributed by atoms with Gasteiger partial charge in [-0.2, -0.15) is 0 Å². The number of allylic oxidation sites excluding steroid dienone is 2. The zero-order chi connectivity index (χ0) is 39.1. The van der Waals surface area contributed by atoms with Crippen molar-refractivity contribution in [3.8, 4) is 27.9 Å². The summed E-state index contributed by atoms with van der Waals surface area (Å²) in [5.41, 5.74) is 15.3. The van der Waals surface area contributed by atoms with E-state index in [-0.39, 0.29) is 0 Å². The number of aliphatic imine (C=N–C) groups is 2. The molecule has 0 spiro atoms. The van der Waals surface area contributed by atoms with Gasteiger partial charge in [-0.25, -0.2) is 4.99 Å². The van der Waals surface area contributed by atoms with Gasteiger partial charge in [0.1, 0.15) is 5.58 Å². The van der Waals surface area contributed by atoms with Crippen molar-refractivity contribution in [3.63, 3.8) is 0 Å². The minimum absolute atomic E-state index is 0.446. The number of hydrogen-bond donors (Lipinski definition) is 0. The third-order valence-electron chi connectivity index (χ3n) is 11.4. The Balaban J connectivity index is 1.02. The predicted molar refractivity (Wildman–Crippen MR) is 246 cm³/mol. The Labute approximate surface area is 342 Å². The van der Waals surface area contributed by atoms with Crippen LogP contribution in [0.4, 0.5) is 0 Å². The highest BCUT2D eigenvalue weighted by Gasteiger charge is 2.19. The Kier molecular flexibility index (Phi) is 8.66. The third-order valence-corrected chi connectivity index (χ3v) is 11.4. The first-order chi connectivity index (χ1) is 29.2. The molecule has 0 saturated heterocycles. The molecular formula is C55H39N3O. The SMILES string of the molecule is C1=C(C/C(=N\C(=N/Cc2ccc3c(c2)oc2c(-n4c5ccccc5c5ccccc54)cccc23)c2cccc(-c3ccccc3)c2)c2cccc(-c3ccccc3)c2)C1. The van der Waals surface area contributed by atoms with Gasteiger partial charge in [0.2, 0.25) is 0 Å². The summed E-state index contributed by atoms with van der Waals surface area (Å²) in [6.07, 6.45) is 4.11. The van der Waals surface area contributed by atoms with Crippen LogP contribution in [0.5, 0.6) is 0 Å². The Morgan fingerprint density at radius 2 is 1.08 bits per heavy atom. The van der Waals surface area contributed by atoms with E-state index in [1.54, 1.807) is 0 Å². The lowest BCUT2D eigenvalue weighted by Gasteiger charge is -2.11. The summed E-state index contributed by atoms with van der Waals surface area (Å²) >= 11 is 0. The molecule has 1 aliphatic carbocycles. The van der Waals surface area contributed by atoms with Gasteiger partial charge in [-0.15, -0.1) is 0 Å². The van der Waals surface area contributed by atoms with Crippen LogP contribution in [0.3, 0.4) is 0 Å². The van der Waals surface area contributed by atoms with Gasteiger partial charge in [-0.05, 0) is 76.2 Å². The first kappa shape index (κ1) is 34.7.